The van der Waals surface area contributed by atoms with Crippen LogP contribution >= 0.6 is 11.3 Å². The molecule has 2 aromatic rings. The third-order valence-corrected chi connectivity index (χ3v) is 5.92. The zero-order valence-electron chi connectivity index (χ0n) is 13.6. The number of primary sulfonamides is 1. The quantitative estimate of drug-likeness (QED) is 0.531. The molecule has 134 valence electrons. The summed E-state index contributed by atoms with van der Waals surface area (Å²) in [5.74, 6) is -0.319. The predicted molar refractivity (Wildman–Crippen MR) is 98.2 cm³/mol. The molecule has 9 heteroatoms. The van der Waals surface area contributed by atoms with Crippen molar-refractivity contribution in [2.75, 3.05) is 26.3 Å². The highest BCUT2D eigenvalue weighted by Gasteiger charge is 2.21. The summed E-state index contributed by atoms with van der Waals surface area (Å²) in [7, 11) is -3.96. The van der Waals surface area contributed by atoms with Gasteiger partial charge in [-0.3, -0.25) is 10.3 Å². The molecule has 3 rings (SSSR count). The monoisotopic (exact) mass is 380 g/mol. The van der Waals surface area contributed by atoms with Gasteiger partial charge in [-0.25, -0.2) is 13.6 Å². The first-order valence-electron chi connectivity index (χ1n) is 7.74. The van der Waals surface area contributed by atoms with Crippen LogP contribution in [0.2, 0.25) is 0 Å². The van der Waals surface area contributed by atoms with E-state index in [4.69, 9.17) is 21.0 Å². The molecule has 1 aliphatic heterocycles. The molecular formula is C16H20N4O3S2. The van der Waals surface area contributed by atoms with Crippen LogP contribution in [0.25, 0.3) is 11.1 Å². The second-order valence-electron chi connectivity index (χ2n) is 5.83. The molecule has 5 N–H and O–H groups in total. The molecule has 0 amide bonds. The van der Waals surface area contributed by atoms with Crippen molar-refractivity contribution in [2.24, 2.45) is 10.9 Å². The summed E-state index contributed by atoms with van der Waals surface area (Å²) in [6, 6.07) is 6.75. The number of hydrogen-bond acceptors (Lipinski definition) is 6. The van der Waals surface area contributed by atoms with Gasteiger partial charge in [0.25, 0.3) is 0 Å². The first-order valence-corrected chi connectivity index (χ1v) is 10.2. The van der Waals surface area contributed by atoms with Crippen LogP contribution in [0.5, 0.6) is 0 Å². The summed E-state index contributed by atoms with van der Waals surface area (Å²) in [5, 5.41) is 15.0. The summed E-state index contributed by atoms with van der Waals surface area (Å²) >= 11 is 1.60. The van der Waals surface area contributed by atoms with Crippen LogP contribution in [0.4, 0.5) is 0 Å². The lowest BCUT2D eigenvalue weighted by Gasteiger charge is -2.25. The van der Waals surface area contributed by atoms with E-state index in [-0.39, 0.29) is 16.3 Å². The molecule has 25 heavy (non-hydrogen) atoms. The van der Waals surface area contributed by atoms with E-state index in [0.29, 0.717) is 5.56 Å². The maximum Gasteiger partial charge on any atom is 0.238 e. The van der Waals surface area contributed by atoms with Gasteiger partial charge in [-0.05, 0) is 28.6 Å². The van der Waals surface area contributed by atoms with E-state index >= 15 is 0 Å². The number of rotatable bonds is 5. The smallest absolute Gasteiger partial charge is 0.238 e. The van der Waals surface area contributed by atoms with Crippen molar-refractivity contribution >= 4 is 27.2 Å². The minimum absolute atomic E-state index is 0.126. The summed E-state index contributed by atoms with van der Waals surface area (Å²) in [6.07, 6.45) is 0. The van der Waals surface area contributed by atoms with Crippen LogP contribution < -0.4 is 10.9 Å². The Kier molecular flexibility index (Phi) is 5.21. The number of nitrogens with two attached hydrogens (primary N) is 2. The third-order valence-electron chi connectivity index (χ3n) is 4.05. The fraction of sp³-hybridized carbons (Fsp3) is 0.312. The normalized spacial score (nSPS) is 16.0. The molecule has 1 aromatic heterocycles. The predicted octanol–water partition coefficient (Wildman–Crippen LogP) is 1.18. The van der Waals surface area contributed by atoms with E-state index in [9.17, 15) is 8.42 Å². The van der Waals surface area contributed by atoms with Crippen LogP contribution in [0.15, 0.2) is 34.5 Å². The maximum atomic E-state index is 11.8. The zero-order valence-corrected chi connectivity index (χ0v) is 15.2. The Hall–Kier alpha value is -1.78. The van der Waals surface area contributed by atoms with Gasteiger partial charge in [-0.1, -0.05) is 12.1 Å². The molecule has 2 heterocycles. The Morgan fingerprint density at radius 1 is 1.32 bits per heavy atom. The molecule has 0 saturated carbocycles. The fourth-order valence-corrected chi connectivity index (χ4v) is 4.57. The van der Waals surface area contributed by atoms with Crippen LogP contribution in [0.3, 0.4) is 0 Å². The molecular weight excluding hydrogens is 360 g/mol. The number of nitrogen functional groups attached to an aromatic ring is 1. The summed E-state index contributed by atoms with van der Waals surface area (Å²) in [6.45, 7) is 4.09. The fourth-order valence-electron chi connectivity index (χ4n) is 2.87. The minimum atomic E-state index is -3.96. The van der Waals surface area contributed by atoms with Crippen LogP contribution in [-0.2, 0) is 21.3 Å². The lowest BCUT2D eigenvalue weighted by Crippen LogP contribution is -2.35. The van der Waals surface area contributed by atoms with Gasteiger partial charge in [0, 0.05) is 30.1 Å². The Morgan fingerprint density at radius 2 is 2.04 bits per heavy atom. The van der Waals surface area contributed by atoms with E-state index in [1.54, 1.807) is 23.5 Å². The van der Waals surface area contributed by atoms with Gasteiger partial charge < -0.3 is 10.5 Å². The van der Waals surface area contributed by atoms with E-state index in [1.807, 2.05) is 11.4 Å². The number of ether oxygens (including phenoxy) is 1. The average Bonchev–Trinajstić information content (AvgIpc) is 3.02. The molecule has 1 saturated heterocycles. The average molecular weight is 380 g/mol. The van der Waals surface area contributed by atoms with Crippen molar-refractivity contribution in [3.63, 3.8) is 0 Å². The Morgan fingerprint density at radius 3 is 2.68 bits per heavy atom. The van der Waals surface area contributed by atoms with E-state index in [1.165, 1.54) is 6.07 Å². The van der Waals surface area contributed by atoms with Gasteiger partial charge in [-0.15, -0.1) is 11.3 Å². The SMILES string of the molecule is N=C(N)c1c(-c2csc(CN3CCOCC3)c2)cccc1S(N)(=O)=O. The van der Waals surface area contributed by atoms with Crippen molar-refractivity contribution in [3.05, 3.63) is 40.1 Å². The van der Waals surface area contributed by atoms with Crippen molar-refractivity contribution in [2.45, 2.75) is 11.4 Å². The maximum absolute atomic E-state index is 11.8. The number of nitrogens with zero attached hydrogens (tertiary/aromatic N) is 1. The standard InChI is InChI=1S/C16H20N4O3S2/c17-16(18)15-13(2-1-3-14(15)25(19,21)22)11-8-12(24-10-11)9-20-4-6-23-7-5-20/h1-3,8,10H,4-7,9H2,(H3,17,18)(H2,19,21,22). The molecule has 1 aromatic carbocycles. The first kappa shape index (κ1) is 18.0. The number of nitrogens with one attached hydrogen (secondary N) is 1. The summed E-state index contributed by atoms with van der Waals surface area (Å²) < 4.78 is 29.0. The van der Waals surface area contributed by atoms with Crippen molar-refractivity contribution in [1.29, 1.82) is 5.41 Å². The van der Waals surface area contributed by atoms with Gasteiger partial charge in [-0.2, -0.15) is 0 Å². The molecule has 7 nitrogen and oxygen atoms in total. The zero-order chi connectivity index (χ0) is 18.0. The Balaban J connectivity index is 1.95. The van der Waals surface area contributed by atoms with Gasteiger partial charge in [0.2, 0.25) is 10.0 Å². The number of thiophene rings is 1. The molecule has 0 bridgehead atoms. The highest BCUT2D eigenvalue weighted by Crippen LogP contribution is 2.32. The van der Waals surface area contributed by atoms with Crippen molar-refractivity contribution in [1.82, 2.24) is 4.90 Å². The third kappa shape index (κ3) is 4.07. The lowest BCUT2D eigenvalue weighted by atomic mass is 10.0. The summed E-state index contributed by atoms with van der Waals surface area (Å²) in [4.78, 5) is 3.34. The summed E-state index contributed by atoms with van der Waals surface area (Å²) in [5.41, 5.74) is 7.24. The van der Waals surface area contributed by atoms with Gasteiger partial charge in [0.1, 0.15) is 5.84 Å². The topological polar surface area (TPSA) is 122 Å². The Labute approximate surface area is 150 Å². The molecule has 0 atom stereocenters. The van der Waals surface area contributed by atoms with Crippen LogP contribution in [-0.4, -0.2) is 45.5 Å². The van der Waals surface area contributed by atoms with Crippen molar-refractivity contribution in [3.8, 4) is 11.1 Å². The molecule has 0 unspecified atom stereocenters. The molecule has 1 fully saturated rings. The molecule has 0 aliphatic carbocycles. The highest BCUT2D eigenvalue weighted by atomic mass is 32.2. The van der Waals surface area contributed by atoms with E-state index in [2.05, 4.69) is 4.90 Å². The second-order valence-corrected chi connectivity index (χ2v) is 8.35. The largest absolute Gasteiger partial charge is 0.384 e. The first-order chi connectivity index (χ1) is 11.9. The van der Waals surface area contributed by atoms with Gasteiger partial charge >= 0.3 is 0 Å². The number of hydrogen-bond donors (Lipinski definition) is 3. The van der Waals surface area contributed by atoms with Crippen LogP contribution in [0.1, 0.15) is 10.4 Å². The van der Waals surface area contributed by atoms with E-state index < -0.39 is 10.0 Å². The Bertz CT molecular complexity index is 887. The molecule has 1 aliphatic rings. The number of morpholine rings is 1. The van der Waals surface area contributed by atoms with Crippen molar-refractivity contribution < 1.29 is 13.2 Å². The number of benzene rings is 1. The van der Waals surface area contributed by atoms with Crippen LogP contribution in [0, 0.1) is 5.41 Å². The number of amidine groups is 1. The highest BCUT2D eigenvalue weighted by molar-refractivity contribution is 7.89. The lowest BCUT2D eigenvalue weighted by molar-refractivity contribution is 0.0346. The second kappa shape index (κ2) is 7.22. The molecule has 0 radical (unpaired) electrons. The molecule has 0 spiro atoms. The number of sulfonamides is 1. The minimum Gasteiger partial charge on any atom is -0.384 e. The van der Waals surface area contributed by atoms with E-state index in [0.717, 1.165) is 43.3 Å². The van der Waals surface area contributed by atoms with Gasteiger partial charge in [0.05, 0.1) is 18.1 Å². The van der Waals surface area contributed by atoms with Gasteiger partial charge in [0.15, 0.2) is 0 Å².